The van der Waals surface area contributed by atoms with E-state index in [0.717, 1.165) is 23.8 Å². The number of sulfone groups is 1. The fourth-order valence-electron chi connectivity index (χ4n) is 4.26. The summed E-state index contributed by atoms with van der Waals surface area (Å²) >= 11 is 0. The monoisotopic (exact) mass is 789 g/mol. The van der Waals surface area contributed by atoms with Crippen LogP contribution in [-0.2, 0) is 39.3 Å². The zero-order chi connectivity index (χ0) is 39.1. The molecule has 0 saturated heterocycles. The number of amides is 1. The van der Waals surface area contributed by atoms with Gasteiger partial charge >= 0.3 is 10.4 Å². The van der Waals surface area contributed by atoms with Crippen LogP contribution in [0.25, 0.3) is 0 Å². The predicted octanol–water partition coefficient (Wildman–Crippen LogP) is 6.21. The Labute approximate surface area is 303 Å². The van der Waals surface area contributed by atoms with Crippen molar-refractivity contribution >= 4 is 87.4 Å². The number of anilines is 3. The number of nitrogens with one attached hydrogen (secondary N) is 1. The molecular formula is C30H31N9O11S3. The van der Waals surface area contributed by atoms with E-state index in [4.69, 9.17) is 20.8 Å². The third kappa shape index (κ3) is 10.9. The van der Waals surface area contributed by atoms with E-state index < -0.39 is 64.9 Å². The van der Waals surface area contributed by atoms with Crippen molar-refractivity contribution in [2.75, 3.05) is 36.3 Å². The number of aryl methyl sites for hydroxylation is 1. The lowest BCUT2D eigenvalue weighted by Crippen LogP contribution is -2.15. The van der Waals surface area contributed by atoms with Gasteiger partial charge in [0, 0.05) is 13.0 Å². The Morgan fingerprint density at radius 3 is 1.87 bits per heavy atom. The maximum absolute atomic E-state index is 12.5. The van der Waals surface area contributed by atoms with Gasteiger partial charge in [-0.1, -0.05) is 17.7 Å². The highest BCUT2D eigenvalue weighted by Crippen LogP contribution is 2.45. The Balaban J connectivity index is 1.71. The largest absolute Gasteiger partial charge is 0.494 e. The second kappa shape index (κ2) is 16.3. The lowest BCUT2D eigenvalue weighted by molar-refractivity contribution is -0.114. The maximum atomic E-state index is 12.5. The van der Waals surface area contributed by atoms with E-state index in [-0.39, 0.29) is 44.8 Å². The van der Waals surface area contributed by atoms with Crippen molar-refractivity contribution in [2.24, 2.45) is 30.7 Å². The van der Waals surface area contributed by atoms with Gasteiger partial charge in [-0.2, -0.15) is 27.1 Å². The first-order valence-corrected chi connectivity index (χ1v) is 19.2. The van der Waals surface area contributed by atoms with Gasteiger partial charge < -0.3 is 21.5 Å². The molecule has 0 spiro atoms. The number of carbonyl (C=O) groups is 1. The summed E-state index contributed by atoms with van der Waals surface area (Å²) in [5.41, 5.74) is 12.6. The summed E-state index contributed by atoms with van der Waals surface area (Å²) in [7, 11) is -12.5. The number of nitrogen functional groups attached to an aromatic ring is 2. The Bertz CT molecular complexity index is 2460. The molecule has 4 aromatic rings. The van der Waals surface area contributed by atoms with Gasteiger partial charge in [-0.3, -0.25) is 13.9 Å². The van der Waals surface area contributed by atoms with Crippen LogP contribution >= 0.6 is 0 Å². The molecular weight excluding hydrogens is 759 g/mol. The van der Waals surface area contributed by atoms with Gasteiger partial charge in [0.2, 0.25) is 5.91 Å². The molecule has 0 fully saturated rings. The van der Waals surface area contributed by atoms with E-state index in [1.54, 1.807) is 12.1 Å². The van der Waals surface area contributed by atoms with Crippen LogP contribution in [0.15, 0.2) is 107 Å². The van der Waals surface area contributed by atoms with Crippen LogP contribution in [0.2, 0.25) is 0 Å². The van der Waals surface area contributed by atoms with Crippen LogP contribution < -0.4 is 21.5 Å². The first-order valence-electron chi connectivity index (χ1n) is 14.7. The molecule has 23 heteroatoms. The molecule has 0 saturated carbocycles. The standard InChI is InChI=1S/C30H31N9O11S3/c1-17-4-6-19(7-5-17)34-36-23-15-26(49-3)24(14-22(23)33-18(2)40)37-39-30-28(31)25(16-27(29(30)32)52(43,44)45)38-35-20-8-10-21(11-9-20)51(41,42)13-12-50-53(46,47)48/h4-11,14-16H,12-13,31-32H2,1-3H3,(H,33,40)(H,43,44,45)(H,46,47,48). The van der Waals surface area contributed by atoms with E-state index in [1.165, 1.54) is 38.3 Å². The van der Waals surface area contributed by atoms with Gasteiger partial charge in [0.05, 0.1) is 52.8 Å². The summed E-state index contributed by atoms with van der Waals surface area (Å²) in [6, 6.07) is 15.5. The molecule has 20 nitrogen and oxygen atoms in total. The second-order valence-electron chi connectivity index (χ2n) is 10.8. The van der Waals surface area contributed by atoms with Crippen molar-refractivity contribution in [2.45, 2.75) is 23.6 Å². The summed E-state index contributed by atoms with van der Waals surface area (Å²) in [4.78, 5) is 10.9. The SMILES string of the molecule is COc1cc(N=Nc2ccc(C)cc2)c(NC(C)=O)cc1N=Nc1c(N)c(N=Nc2ccc(S(=O)(=O)CCOS(=O)(=O)O)cc2)cc(S(=O)(=O)O)c1N. The molecule has 4 rings (SSSR count). The van der Waals surface area contributed by atoms with E-state index in [9.17, 15) is 34.6 Å². The Morgan fingerprint density at radius 2 is 1.32 bits per heavy atom. The number of ether oxygens (including phenoxy) is 1. The number of benzene rings is 4. The van der Waals surface area contributed by atoms with E-state index in [1.807, 2.05) is 19.1 Å². The molecule has 0 radical (unpaired) electrons. The molecule has 0 aliphatic heterocycles. The Kier molecular flexibility index (Phi) is 12.3. The summed E-state index contributed by atoms with van der Waals surface area (Å²) in [5.74, 6) is -1.12. The molecule has 0 aliphatic rings. The van der Waals surface area contributed by atoms with Crippen LogP contribution in [0.3, 0.4) is 0 Å². The quantitative estimate of drug-likeness (QED) is 0.0539. The lowest BCUT2D eigenvalue weighted by atomic mass is 10.2. The number of carbonyl (C=O) groups excluding carboxylic acids is 1. The number of nitrogens with zero attached hydrogens (tertiary/aromatic N) is 6. The molecule has 0 bridgehead atoms. The highest BCUT2D eigenvalue weighted by molar-refractivity contribution is 7.91. The number of hydrogen-bond donors (Lipinski definition) is 5. The van der Waals surface area contributed by atoms with Gasteiger partial charge in [-0.05, 0) is 55.5 Å². The van der Waals surface area contributed by atoms with Crippen molar-refractivity contribution in [3.63, 3.8) is 0 Å². The van der Waals surface area contributed by atoms with Crippen molar-refractivity contribution in [1.29, 1.82) is 0 Å². The fraction of sp³-hybridized carbons (Fsp3) is 0.167. The number of methoxy groups -OCH3 is 1. The molecule has 280 valence electrons. The average molecular weight is 790 g/mol. The van der Waals surface area contributed by atoms with Crippen molar-refractivity contribution in [3.05, 3.63) is 72.3 Å². The minimum Gasteiger partial charge on any atom is -0.494 e. The number of nitrogens with two attached hydrogens (primary N) is 2. The Hall–Kier alpha value is -5.72. The van der Waals surface area contributed by atoms with Gasteiger partial charge in [0.1, 0.15) is 33.4 Å². The summed E-state index contributed by atoms with van der Waals surface area (Å²) in [5, 5.41) is 27.0. The van der Waals surface area contributed by atoms with Crippen molar-refractivity contribution in [1.82, 2.24) is 0 Å². The van der Waals surface area contributed by atoms with Gasteiger partial charge in [0.15, 0.2) is 9.84 Å². The molecule has 0 aromatic heterocycles. The van der Waals surface area contributed by atoms with Crippen LogP contribution in [0.4, 0.5) is 51.2 Å². The topological polar surface area (TPSA) is 317 Å². The molecule has 4 aromatic carbocycles. The molecule has 0 atom stereocenters. The molecule has 1 amide bonds. The first kappa shape index (κ1) is 40.1. The van der Waals surface area contributed by atoms with Crippen molar-refractivity contribution in [3.8, 4) is 5.75 Å². The third-order valence-corrected chi connectivity index (χ3v) is 9.88. The molecule has 0 heterocycles. The third-order valence-electron chi connectivity index (χ3n) is 6.82. The minimum atomic E-state index is -4.98. The van der Waals surface area contributed by atoms with Crippen molar-refractivity contribution < 1.29 is 48.1 Å². The van der Waals surface area contributed by atoms with Crippen LogP contribution in [-0.4, -0.2) is 59.7 Å². The van der Waals surface area contributed by atoms with Crippen LogP contribution in [0.1, 0.15) is 12.5 Å². The molecule has 53 heavy (non-hydrogen) atoms. The Morgan fingerprint density at radius 1 is 0.755 bits per heavy atom. The highest BCUT2D eigenvalue weighted by Gasteiger charge is 2.23. The normalized spacial score (nSPS) is 12.5. The molecule has 0 aliphatic carbocycles. The fourth-order valence-corrected chi connectivity index (χ4v) is 6.39. The van der Waals surface area contributed by atoms with Gasteiger partial charge in [0.25, 0.3) is 10.1 Å². The average Bonchev–Trinajstić information content (AvgIpc) is 3.06. The zero-order valence-electron chi connectivity index (χ0n) is 27.9. The maximum Gasteiger partial charge on any atom is 0.397 e. The minimum absolute atomic E-state index is 0.00404. The number of azo groups is 3. The van der Waals surface area contributed by atoms with Crippen LogP contribution in [0.5, 0.6) is 5.75 Å². The van der Waals surface area contributed by atoms with Gasteiger partial charge in [-0.25, -0.2) is 12.6 Å². The van der Waals surface area contributed by atoms with E-state index >= 15 is 0 Å². The van der Waals surface area contributed by atoms with E-state index in [0.29, 0.717) is 5.69 Å². The highest BCUT2D eigenvalue weighted by atomic mass is 32.3. The second-order valence-corrected chi connectivity index (χ2v) is 15.4. The first-order chi connectivity index (χ1) is 24.8. The summed E-state index contributed by atoms with van der Waals surface area (Å²) < 4.78 is 98.8. The summed E-state index contributed by atoms with van der Waals surface area (Å²) in [6.45, 7) is 2.36. The number of hydrogen-bond acceptors (Lipinski definition) is 17. The van der Waals surface area contributed by atoms with E-state index in [2.05, 4.69) is 40.2 Å². The number of rotatable bonds is 14. The summed E-state index contributed by atoms with van der Waals surface area (Å²) in [6.07, 6.45) is 0. The van der Waals surface area contributed by atoms with Crippen LogP contribution in [0, 0.1) is 6.92 Å². The predicted molar refractivity (Wildman–Crippen MR) is 192 cm³/mol. The zero-order valence-corrected chi connectivity index (χ0v) is 30.3. The lowest BCUT2D eigenvalue weighted by Gasteiger charge is -2.12. The van der Waals surface area contributed by atoms with Gasteiger partial charge in [-0.15, -0.1) is 20.5 Å². The molecule has 0 unspecified atom stereocenters. The smallest absolute Gasteiger partial charge is 0.397 e. The molecule has 7 N–H and O–H groups in total.